The van der Waals surface area contributed by atoms with E-state index in [0.717, 1.165) is 28.5 Å². The van der Waals surface area contributed by atoms with E-state index in [2.05, 4.69) is 15.3 Å². The van der Waals surface area contributed by atoms with Gasteiger partial charge in [0.1, 0.15) is 0 Å². The van der Waals surface area contributed by atoms with Crippen LogP contribution in [-0.2, 0) is 11.3 Å². The summed E-state index contributed by atoms with van der Waals surface area (Å²) in [6.07, 6.45) is 4.49. The normalized spacial score (nSPS) is 18.8. The van der Waals surface area contributed by atoms with Crippen LogP contribution in [0, 0.1) is 5.92 Å². The van der Waals surface area contributed by atoms with Crippen LogP contribution in [0.4, 0.5) is 0 Å². The zero-order chi connectivity index (χ0) is 17.2. The molecule has 0 bridgehead atoms. The third-order valence-corrected chi connectivity index (χ3v) is 4.68. The Kier molecular flexibility index (Phi) is 4.06. The third-order valence-electron chi connectivity index (χ3n) is 4.68. The highest BCUT2D eigenvalue weighted by atomic mass is 16.5. The van der Waals surface area contributed by atoms with Crippen LogP contribution in [-0.4, -0.2) is 23.0 Å². The Morgan fingerprint density at radius 2 is 2.16 bits per heavy atom. The van der Waals surface area contributed by atoms with Gasteiger partial charge in [-0.25, -0.2) is 4.98 Å². The molecule has 1 N–H and O–H groups in total. The molecule has 0 saturated heterocycles. The van der Waals surface area contributed by atoms with Crippen molar-refractivity contribution in [2.24, 2.45) is 5.92 Å². The largest absolute Gasteiger partial charge is 0.481 e. The molecule has 1 amide bonds. The number of carbonyl (C=O) groups is 1. The second-order valence-electron chi connectivity index (χ2n) is 6.29. The topological polar surface area (TPSA) is 64.1 Å². The number of nitrogens with one attached hydrogen (secondary N) is 1. The van der Waals surface area contributed by atoms with E-state index in [4.69, 9.17) is 4.74 Å². The smallest absolute Gasteiger partial charge is 0.224 e. The Morgan fingerprint density at radius 1 is 1.28 bits per heavy atom. The first-order valence-electron chi connectivity index (χ1n) is 8.36. The van der Waals surface area contributed by atoms with Crippen molar-refractivity contribution in [2.75, 3.05) is 7.11 Å². The number of methoxy groups -OCH3 is 1. The number of rotatable bonds is 5. The zero-order valence-electron chi connectivity index (χ0n) is 14.0. The molecule has 2 atom stereocenters. The van der Waals surface area contributed by atoms with E-state index >= 15 is 0 Å². The first-order valence-corrected chi connectivity index (χ1v) is 8.36. The number of aromatic nitrogens is 2. The Bertz CT molecular complexity index is 911. The SMILES string of the molecule is COc1cc(CNC(=O)[C@H]2C[C@@H]2c2cccnc2)c2ccccc2n1. The van der Waals surface area contributed by atoms with Crippen molar-refractivity contribution >= 4 is 16.8 Å². The average Bonchev–Trinajstić information content (AvgIpc) is 3.47. The van der Waals surface area contributed by atoms with Gasteiger partial charge in [-0.3, -0.25) is 9.78 Å². The quantitative estimate of drug-likeness (QED) is 0.779. The molecule has 5 nitrogen and oxygen atoms in total. The summed E-state index contributed by atoms with van der Waals surface area (Å²) in [6, 6.07) is 13.7. The first-order chi connectivity index (χ1) is 12.3. The standard InChI is InChI=1S/C20H19N3O2/c1-25-19-9-14(15-6-2-3-7-18(15)23-19)12-22-20(24)17-10-16(17)13-5-4-8-21-11-13/h2-9,11,16-17H,10,12H2,1H3,(H,22,24)/t16-,17+/m1/s1. The second kappa shape index (κ2) is 6.51. The number of para-hydroxylation sites is 1. The van der Waals surface area contributed by atoms with Gasteiger partial charge in [-0.15, -0.1) is 0 Å². The van der Waals surface area contributed by atoms with Crippen molar-refractivity contribution in [3.05, 3.63) is 66.0 Å². The number of benzene rings is 1. The average molecular weight is 333 g/mol. The van der Waals surface area contributed by atoms with E-state index in [1.165, 1.54) is 0 Å². The van der Waals surface area contributed by atoms with Crippen LogP contribution in [0.3, 0.4) is 0 Å². The predicted molar refractivity (Wildman–Crippen MR) is 95.2 cm³/mol. The van der Waals surface area contributed by atoms with Crippen LogP contribution >= 0.6 is 0 Å². The van der Waals surface area contributed by atoms with E-state index in [9.17, 15) is 4.79 Å². The molecule has 1 aromatic carbocycles. The number of pyridine rings is 2. The zero-order valence-corrected chi connectivity index (χ0v) is 14.0. The maximum atomic E-state index is 12.5. The lowest BCUT2D eigenvalue weighted by atomic mass is 10.1. The van der Waals surface area contributed by atoms with Gasteiger partial charge in [0.2, 0.25) is 11.8 Å². The first kappa shape index (κ1) is 15.6. The molecule has 0 unspecified atom stereocenters. The molecular weight excluding hydrogens is 314 g/mol. The number of amides is 1. The molecule has 3 aromatic rings. The molecule has 0 radical (unpaired) electrons. The fourth-order valence-corrected chi connectivity index (χ4v) is 3.23. The molecule has 25 heavy (non-hydrogen) atoms. The summed E-state index contributed by atoms with van der Waals surface area (Å²) in [7, 11) is 1.60. The minimum atomic E-state index is 0.0409. The summed E-state index contributed by atoms with van der Waals surface area (Å²) in [4.78, 5) is 21.0. The van der Waals surface area contributed by atoms with E-state index in [1.54, 1.807) is 13.3 Å². The number of nitrogens with zero attached hydrogens (tertiary/aromatic N) is 2. The molecule has 1 aliphatic rings. The van der Waals surface area contributed by atoms with Crippen molar-refractivity contribution in [2.45, 2.75) is 18.9 Å². The number of ether oxygens (including phenoxy) is 1. The Morgan fingerprint density at radius 3 is 2.96 bits per heavy atom. The highest BCUT2D eigenvalue weighted by molar-refractivity contribution is 5.85. The summed E-state index contributed by atoms with van der Waals surface area (Å²) in [5.74, 6) is 0.980. The molecule has 2 aromatic heterocycles. The molecule has 1 saturated carbocycles. The molecule has 126 valence electrons. The van der Waals surface area contributed by atoms with Gasteiger partial charge in [0.25, 0.3) is 0 Å². The van der Waals surface area contributed by atoms with Gasteiger partial charge >= 0.3 is 0 Å². The van der Waals surface area contributed by atoms with E-state index in [0.29, 0.717) is 12.4 Å². The van der Waals surface area contributed by atoms with E-state index < -0.39 is 0 Å². The lowest BCUT2D eigenvalue weighted by molar-refractivity contribution is -0.122. The van der Waals surface area contributed by atoms with Gasteiger partial charge in [-0.05, 0) is 35.6 Å². The monoisotopic (exact) mass is 333 g/mol. The van der Waals surface area contributed by atoms with Crippen LogP contribution in [0.5, 0.6) is 5.88 Å². The Balaban J connectivity index is 1.47. The van der Waals surface area contributed by atoms with E-state index in [-0.39, 0.29) is 17.7 Å². The molecule has 2 heterocycles. The van der Waals surface area contributed by atoms with Crippen LogP contribution in [0.15, 0.2) is 54.9 Å². The van der Waals surface area contributed by atoms with Crippen LogP contribution < -0.4 is 10.1 Å². The molecular formula is C20H19N3O2. The van der Waals surface area contributed by atoms with Gasteiger partial charge in [-0.2, -0.15) is 0 Å². The molecule has 1 aliphatic carbocycles. The van der Waals surface area contributed by atoms with Crippen molar-refractivity contribution < 1.29 is 9.53 Å². The number of fused-ring (bicyclic) bond motifs is 1. The second-order valence-corrected chi connectivity index (χ2v) is 6.29. The lowest BCUT2D eigenvalue weighted by Crippen LogP contribution is -2.25. The fourth-order valence-electron chi connectivity index (χ4n) is 3.23. The Hall–Kier alpha value is -2.95. The van der Waals surface area contributed by atoms with Crippen LogP contribution in [0.2, 0.25) is 0 Å². The van der Waals surface area contributed by atoms with Crippen LogP contribution in [0.25, 0.3) is 10.9 Å². The highest BCUT2D eigenvalue weighted by Crippen LogP contribution is 2.47. The summed E-state index contributed by atoms with van der Waals surface area (Å²) < 4.78 is 5.27. The molecule has 1 fully saturated rings. The maximum absolute atomic E-state index is 12.5. The molecule has 4 rings (SSSR count). The van der Waals surface area contributed by atoms with Gasteiger partial charge in [0.15, 0.2) is 0 Å². The maximum Gasteiger partial charge on any atom is 0.224 e. The minimum absolute atomic E-state index is 0.0409. The summed E-state index contributed by atoms with van der Waals surface area (Å²) in [6.45, 7) is 0.467. The fraction of sp³-hybridized carbons (Fsp3) is 0.250. The summed E-state index contributed by atoms with van der Waals surface area (Å²) in [5.41, 5.74) is 3.01. The van der Waals surface area contributed by atoms with Crippen molar-refractivity contribution in [3.8, 4) is 5.88 Å². The number of carbonyl (C=O) groups excluding carboxylic acids is 1. The van der Waals surface area contributed by atoms with Crippen molar-refractivity contribution in [1.29, 1.82) is 0 Å². The van der Waals surface area contributed by atoms with Gasteiger partial charge in [-0.1, -0.05) is 24.3 Å². The lowest BCUT2D eigenvalue weighted by Gasteiger charge is -2.10. The van der Waals surface area contributed by atoms with Crippen molar-refractivity contribution in [1.82, 2.24) is 15.3 Å². The minimum Gasteiger partial charge on any atom is -0.481 e. The number of hydrogen-bond acceptors (Lipinski definition) is 4. The third kappa shape index (κ3) is 3.18. The number of hydrogen-bond donors (Lipinski definition) is 1. The van der Waals surface area contributed by atoms with Gasteiger partial charge < -0.3 is 10.1 Å². The summed E-state index contributed by atoms with van der Waals surface area (Å²) >= 11 is 0. The molecule has 0 aliphatic heterocycles. The molecule has 5 heteroatoms. The Labute approximate surface area is 146 Å². The van der Waals surface area contributed by atoms with E-state index in [1.807, 2.05) is 48.7 Å². The highest BCUT2D eigenvalue weighted by Gasteiger charge is 2.43. The summed E-state index contributed by atoms with van der Waals surface area (Å²) in [5, 5.41) is 4.09. The predicted octanol–water partition coefficient (Wildman–Crippen LogP) is 3.06. The van der Waals surface area contributed by atoms with Crippen molar-refractivity contribution in [3.63, 3.8) is 0 Å². The van der Waals surface area contributed by atoms with Gasteiger partial charge in [0, 0.05) is 36.3 Å². The van der Waals surface area contributed by atoms with Crippen LogP contribution in [0.1, 0.15) is 23.5 Å². The molecule has 0 spiro atoms. The van der Waals surface area contributed by atoms with Gasteiger partial charge in [0.05, 0.1) is 12.6 Å².